The van der Waals surface area contributed by atoms with Gasteiger partial charge in [0.15, 0.2) is 0 Å². The molecule has 0 spiro atoms. The molecule has 4 aromatic rings. The maximum Gasteiger partial charge on any atom is 0.142 e. The second-order valence-corrected chi connectivity index (χ2v) is 6.81. The fourth-order valence-corrected chi connectivity index (χ4v) is 3.25. The van der Waals surface area contributed by atoms with Crippen molar-refractivity contribution in [3.63, 3.8) is 0 Å². The summed E-state index contributed by atoms with van der Waals surface area (Å²) in [5, 5.41) is 4.77. The molecule has 4 rings (SSSR count). The van der Waals surface area contributed by atoms with Crippen LogP contribution in [-0.4, -0.2) is 9.97 Å². The summed E-state index contributed by atoms with van der Waals surface area (Å²) in [5.74, 6) is -0.436. The molecule has 0 saturated carbocycles. The van der Waals surface area contributed by atoms with Crippen molar-refractivity contribution >= 4 is 39.8 Å². The Morgan fingerprint density at radius 3 is 2.67 bits per heavy atom. The Bertz CT molecular complexity index is 1130. The van der Waals surface area contributed by atoms with Crippen LogP contribution in [0.15, 0.2) is 67.0 Å². The van der Waals surface area contributed by atoms with Gasteiger partial charge in [-0.2, -0.15) is 0 Å². The van der Waals surface area contributed by atoms with Gasteiger partial charge in [0.25, 0.3) is 0 Å². The van der Waals surface area contributed by atoms with Gasteiger partial charge in [0.1, 0.15) is 11.0 Å². The summed E-state index contributed by atoms with van der Waals surface area (Å²) in [6.45, 7) is 0.438. The van der Waals surface area contributed by atoms with E-state index in [1.165, 1.54) is 6.07 Å². The molecule has 0 atom stereocenters. The Hall–Kier alpha value is -2.69. The minimum atomic E-state index is -0.436. The van der Waals surface area contributed by atoms with Gasteiger partial charge in [-0.25, -0.2) is 9.37 Å². The van der Waals surface area contributed by atoms with E-state index in [0.717, 1.165) is 33.3 Å². The Morgan fingerprint density at radius 1 is 0.926 bits per heavy atom. The number of rotatable bonds is 4. The van der Waals surface area contributed by atoms with Gasteiger partial charge in [-0.15, -0.1) is 0 Å². The molecule has 6 heteroatoms. The molecular formula is C21H14Cl2FN3. The fraction of sp³-hybridized carbons (Fsp3) is 0.0476. The number of fused-ring (bicyclic) bond motifs is 1. The molecule has 0 bridgehead atoms. The number of nitrogens with one attached hydrogen (secondary N) is 1. The van der Waals surface area contributed by atoms with E-state index >= 15 is 0 Å². The number of nitrogens with zero attached hydrogens (tertiary/aromatic N) is 2. The molecular weight excluding hydrogens is 384 g/mol. The zero-order valence-electron chi connectivity index (χ0n) is 14.1. The molecule has 0 saturated heterocycles. The van der Waals surface area contributed by atoms with Crippen molar-refractivity contribution in [3.05, 3.63) is 88.5 Å². The highest BCUT2D eigenvalue weighted by molar-refractivity contribution is 6.32. The molecule has 1 N–H and O–H groups in total. The minimum Gasteiger partial charge on any atom is -0.380 e. The minimum absolute atomic E-state index is 0.110. The lowest BCUT2D eigenvalue weighted by atomic mass is 10.0. The summed E-state index contributed by atoms with van der Waals surface area (Å²) in [7, 11) is 0. The van der Waals surface area contributed by atoms with E-state index in [1.807, 2.05) is 36.4 Å². The van der Waals surface area contributed by atoms with E-state index in [2.05, 4.69) is 15.3 Å². The van der Waals surface area contributed by atoms with Crippen LogP contribution in [0.5, 0.6) is 0 Å². The summed E-state index contributed by atoms with van der Waals surface area (Å²) < 4.78 is 13.6. The number of hydrogen-bond acceptors (Lipinski definition) is 3. The molecule has 134 valence electrons. The first-order valence-electron chi connectivity index (χ1n) is 8.29. The lowest BCUT2D eigenvalue weighted by Gasteiger charge is -2.11. The van der Waals surface area contributed by atoms with Crippen LogP contribution in [0.25, 0.3) is 22.0 Å². The number of aromatic nitrogens is 2. The molecule has 2 aromatic heterocycles. The van der Waals surface area contributed by atoms with Crippen molar-refractivity contribution in [1.29, 1.82) is 0 Å². The highest BCUT2D eigenvalue weighted by atomic mass is 35.5. The van der Waals surface area contributed by atoms with Crippen molar-refractivity contribution in [2.24, 2.45) is 0 Å². The number of anilines is 1. The summed E-state index contributed by atoms with van der Waals surface area (Å²) in [6, 6.07) is 16.5. The summed E-state index contributed by atoms with van der Waals surface area (Å²) in [5.41, 5.74) is 4.22. The first-order chi connectivity index (χ1) is 13.1. The smallest absolute Gasteiger partial charge is 0.142 e. The van der Waals surface area contributed by atoms with Crippen LogP contribution in [0, 0.1) is 5.82 Å². The average Bonchev–Trinajstić information content (AvgIpc) is 2.69. The highest BCUT2D eigenvalue weighted by Gasteiger charge is 2.10. The van der Waals surface area contributed by atoms with Crippen molar-refractivity contribution < 1.29 is 4.39 Å². The third-order valence-electron chi connectivity index (χ3n) is 4.26. The van der Waals surface area contributed by atoms with Gasteiger partial charge in [-0.1, -0.05) is 47.5 Å². The van der Waals surface area contributed by atoms with Crippen LogP contribution in [0.4, 0.5) is 10.1 Å². The Morgan fingerprint density at radius 2 is 1.81 bits per heavy atom. The third kappa shape index (κ3) is 3.72. The van der Waals surface area contributed by atoms with E-state index in [-0.39, 0.29) is 5.02 Å². The standard InChI is InChI=1S/C21H14Cl2FN3/c22-18-7-6-13(9-19(18)24)11-26-14-10-17(21(23)27-12-14)15-3-1-5-20-16(15)4-2-8-25-20/h1-10,12,26H,11H2. The predicted molar refractivity (Wildman–Crippen MR) is 109 cm³/mol. The van der Waals surface area contributed by atoms with Crippen LogP contribution in [0.3, 0.4) is 0 Å². The second kappa shape index (κ2) is 7.51. The normalized spacial score (nSPS) is 10.9. The summed E-state index contributed by atoms with van der Waals surface area (Å²) in [4.78, 5) is 8.68. The van der Waals surface area contributed by atoms with E-state index in [4.69, 9.17) is 23.2 Å². The largest absolute Gasteiger partial charge is 0.380 e. The van der Waals surface area contributed by atoms with Crippen molar-refractivity contribution in [2.45, 2.75) is 6.54 Å². The zero-order valence-corrected chi connectivity index (χ0v) is 15.6. The maximum atomic E-state index is 13.6. The summed E-state index contributed by atoms with van der Waals surface area (Å²) >= 11 is 12.1. The fourth-order valence-electron chi connectivity index (χ4n) is 2.93. The molecule has 0 fully saturated rings. The predicted octanol–water partition coefficient (Wildman–Crippen LogP) is 6.35. The molecule has 0 aliphatic carbocycles. The topological polar surface area (TPSA) is 37.8 Å². The van der Waals surface area contributed by atoms with Gasteiger partial charge in [-0.05, 0) is 41.5 Å². The average molecular weight is 398 g/mol. The first kappa shape index (κ1) is 17.7. The first-order valence-corrected chi connectivity index (χ1v) is 9.05. The lowest BCUT2D eigenvalue weighted by molar-refractivity contribution is 0.626. The van der Waals surface area contributed by atoms with Gasteiger partial charge in [-0.3, -0.25) is 4.98 Å². The quantitative estimate of drug-likeness (QED) is 0.407. The van der Waals surface area contributed by atoms with Gasteiger partial charge in [0, 0.05) is 23.7 Å². The number of pyridine rings is 2. The van der Waals surface area contributed by atoms with E-state index in [9.17, 15) is 4.39 Å². The van der Waals surface area contributed by atoms with Gasteiger partial charge < -0.3 is 5.32 Å². The van der Waals surface area contributed by atoms with Crippen LogP contribution >= 0.6 is 23.2 Å². The monoisotopic (exact) mass is 397 g/mol. The molecule has 3 nitrogen and oxygen atoms in total. The van der Waals surface area contributed by atoms with E-state index < -0.39 is 5.82 Å². The third-order valence-corrected chi connectivity index (χ3v) is 4.86. The van der Waals surface area contributed by atoms with E-state index in [1.54, 1.807) is 24.5 Å². The van der Waals surface area contributed by atoms with Gasteiger partial charge >= 0.3 is 0 Å². The number of benzene rings is 2. The molecule has 0 amide bonds. The van der Waals surface area contributed by atoms with Crippen LogP contribution < -0.4 is 5.32 Å². The Balaban J connectivity index is 1.66. The number of hydrogen-bond donors (Lipinski definition) is 1. The van der Waals surface area contributed by atoms with Crippen LogP contribution in [0.2, 0.25) is 10.2 Å². The lowest BCUT2D eigenvalue weighted by Crippen LogP contribution is -2.01. The zero-order chi connectivity index (χ0) is 18.8. The van der Waals surface area contributed by atoms with Gasteiger partial charge in [0.05, 0.1) is 22.4 Å². The molecule has 0 radical (unpaired) electrons. The molecule has 0 unspecified atom stereocenters. The number of halogens is 3. The molecule has 2 aromatic carbocycles. The molecule has 0 aliphatic rings. The van der Waals surface area contributed by atoms with E-state index in [0.29, 0.717) is 11.7 Å². The van der Waals surface area contributed by atoms with Crippen LogP contribution in [0.1, 0.15) is 5.56 Å². The summed E-state index contributed by atoms with van der Waals surface area (Å²) in [6.07, 6.45) is 3.41. The highest BCUT2D eigenvalue weighted by Crippen LogP contribution is 2.33. The second-order valence-electron chi connectivity index (χ2n) is 6.04. The van der Waals surface area contributed by atoms with Gasteiger partial charge in [0.2, 0.25) is 0 Å². The Labute approximate surface area is 165 Å². The molecule has 2 heterocycles. The molecule has 27 heavy (non-hydrogen) atoms. The van der Waals surface area contributed by atoms with Crippen molar-refractivity contribution in [1.82, 2.24) is 9.97 Å². The molecule has 0 aliphatic heterocycles. The maximum absolute atomic E-state index is 13.6. The Kier molecular flexibility index (Phi) is 4.92. The van der Waals surface area contributed by atoms with Crippen molar-refractivity contribution in [3.8, 4) is 11.1 Å². The van der Waals surface area contributed by atoms with Crippen molar-refractivity contribution in [2.75, 3.05) is 5.32 Å². The van der Waals surface area contributed by atoms with Crippen LogP contribution in [-0.2, 0) is 6.54 Å². The SMILES string of the molecule is Fc1cc(CNc2cnc(Cl)c(-c3cccc4ncccc34)c2)ccc1Cl.